The zero-order valence-corrected chi connectivity index (χ0v) is 72.6. The van der Waals surface area contributed by atoms with Crippen molar-refractivity contribution >= 4 is 39.5 Å². The molecule has 0 heterocycles. The van der Waals surface area contributed by atoms with Crippen molar-refractivity contribution < 1.29 is 80.2 Å². The summed E-state index contributed by atoms with van der Waals surface area (Å²) in [6, 6.07) is 0. The number of unbranched alkanes of at least 4 members (excludes halogenated alkanes) is 51. The summed E-state index contributed by atoms with van der Waals surface area (Å²) in [7, 11) is -9.93. The summed E-state index contributed by atoms with van der Waals surface area (Å²) in [5.41, 5.74) is 0. The van der Waals surface area contributed by atoms with Gasteiger partial charge in [-0.1, -0.05) is 409 Å². The van der Waals surface area contributed by atoms with E-state index in [1.54, 1.807) is 0 Å². The molecule has 0 radical (unpaired) electrons. The van der Waals surface area contributed by atoms with Crippen LogP contribution in [-0.4, -0.2) is 96.7 Å². The van der Waals surface area contributed by atoms with Gasteiger partial charge in [-0.15, -0.1) is 0 Å². The maximum atomic E-state index is 13.2. The van der Waals surface area contributed by atoms with Crippen molar-refractivity contribution in [1.82, 2.24) is 0 Å². The Bertz CT molecular complexity index is 2080. The highest BCUT2D eigenvalue weighted by molar-refractivity contribution is 7.47. The van der Waals surface area contributed by atoms with E-state index in [2.05, 4.69) is 55.4 Å². The van der Waals surface area contributed by atoms with Gasteiger partial charge in [0.25, 0.3) is 0 Å². The van der Waals surface area contributed by atoms with Gasteiger partial charge in [0.2, 0.25) is 0 Å². The highest BCUT2D eigenvalue weighted by Crippen LogP contribution is 2.45. The number of phosphoric ester groups is 2. The average molecular weight is 1560 g/mol. The number of aliphatic hydroxyl groups excluding tert-OH is 1. The van der Waals surface area contributed by atoms with Gasteiger partial charge in [-0.25, -0.2) is 9.13 Å². The van der Waals surface area contributed by atoms with Crippen LogP contribution in [0.5, 0.6) is 0 Å². The third kappa shape index (κ3) is 81.9. The summed E-state index contributed by atoms with van der Waals surface area (Å²) < 4.78 is 68.9. The Labute approximate surface area is 658 Å². The summed E-state index contributed by atoms with van der Waals surface area (Å²) in [6.45, 7) is 14.3. The first kappa shape index (κ1) is 105. The molecule has 0 aliphatic heterocycles. The molecule has 0 amide bonds. The predicted molar refractivity (Wildman–Crippen MR) is 441 cm³/mol. The molecule has 107 heavy (non-hydrogen) atoms. The summed E-state index contributed by atoms with van der Waals surface area (Å²) in [5.74, 6) is 1.03. The maximum absolute atomic E-state index is 13.2. The maximum Gasteiger partial charge on any atom is 0.472 e. The van der Waals surface area contributed by atoms with Crippen LogP contribution in [0.1, 0.15) is 460 Å². The highest BCUT2D eigenvalue weighted by atomic mass is 31.2. The number of carbonyl (C=O) groups is 4. The molecule has 19 heteroatoms. The van der Waals surface area contributed by atoms with Gasteiger partial charge in [0.15, 0.2) is 12.2 Å². The molecule has 0 saturated carbocycles. The number of esters is 4. The smallest absolute Gasteiger partial charge is 0.462 e. The molecule has 0 rings (SSSR count). The minimum absolute atomic E-state index is 0.107. The lowest BCUT2D eigenvalue weighted by molar-refractivity contribution is -0.161. The third-order valence-corrected chi connectivity index (χ3v) is 22.5. The van der Waals surface area contributed by atoms with E-state index in [9.17, 15) is 43.2 Å². The van der Waals surface area contributed by atoms with Crippen molar-refractivity contribution in [2.75, 3.05) is 39.6 Å². The van der Waals surface area contributed by atoms with E-state index < -0.39 is 97.5 Å². The van der Waals surface area contributed by atoms with Gasteiger partial charge in [-0.3, -0.25) is 37.3 Å². The van der Waals surface area contributed by atoms with Crippen LogP contribution in [0.25, 0.3) is 0 Å². The first-order chi connectivity index (χ1) is 51.6. The summed E-state index contributed by atoms with van der Waals surface area (Å²) in [5, 5.41) is 10.7. The Morgan fingerprint density at radius 3 is 0.579 bits per heavy atom. The van der Waals surface area contributed by atoms with Crippen LogP contribution >= 0.6 is 15.6 Å². The van der Waals surface area contributed by atoms with E-state index >= 15 is 0 Å². The fourth-order valence-electron chi connectivity index (χ4n) is 13.7. The number of phosphoric acid groups is 2. The van der Waals surface area contributed by atoms with E-state index in [0.717, 1.165) is 114 Å². The second-order valence-electron chi connectivity index (χ2n) is 33.5. The fourth-order valence-corrected chi connectivity index (χ4v) is 15.3. The van der Waals surface area contributed by atoms with Gasteiger partial charge in [0, 0.05) is 25.7 Å². The Morgan fingerprint density at radius 1 is 0.234 bits per heavy atom. The zero-order valence-electron chi connectivity index (χ0n) is 70.8. The lowest BCUT2D eigenvalue weighted by Gasteiger charge is -2.21. The second-order valence-corrected chi connectivity index (χ2v) is 36.4. The first-order valence-electron chi connectivity index (χ1n) is 45.2. The van der Waals surface area contributed by atoms with Gasteiger partial charge >= 0.3 is 39.5 Å². The van der Waals surface area contributed by atoms with Crippen molar-refractivity contribution in [2.45, 2.75) is 478 Å². The molecule has 17 nitrogen and oxygen atoms in total. The van der Waals surface area contributed by atoms with Crippen molar-refractivity contribution in [3.63, 3.8) is 0 Å². The molecule has 0 aromatic heterocycles. The van der Waals surface area contributed by atoms with E-state index in [-0.39, 0.29) is 25.7 Å². The molecule has 3 unspecified atom stereocenters. The quantitative estimate of drug-likeness (QED) is 0.0222. The van der Waals surface area contributed by atoms with Crippen LogP contribution in [-0.2, 0) is 65.4 Å². The zero-order chi connectivity index (χ0) is 78.8. The van der Waals surface area contributed by atoms with Crippen molar-refractivity contribution in [2.24, 2.45) is 23.7 Å². The number of rotatable bonds is 85. The minimum atomic E-state index is -4.97. The molecular formula is C88H172O17P2. The van der Waals surface area contributed by atoms with Crippen molar-refractivity contribution in [3.05, 3.63) is 0 Å². The summed E-state index contributed by atoms with van der Waals surface area (Å²) >= 11 is 0. The summed E-state index contributed by atoms with van der Waals surface area (Å²) in [4.78, 5) is 73.3. The number of hydrogen-bond acceptors (Lipinski definition) is 15. The standard InChI is InChI=1S/C88H172O17P2/c1-78(2)64-56-48-40-33-27-21-15-9-12-18-24-30-36-44-52-60-68-85(90)98-74-83(104-87(92)70-62-54-45-37-31-25-19-13-10-16-22-28-34-41-49-57-65-79(3)4)76-102-106(94,95)100-72-82(89)73-101-107(96,97)103-77-84(75-99-86(91)69-61-53-47-39-43-51-59-67-81(7)8)105-88(93)71-63-55-46-38-32-26-20-14-11-17-23-29-35-42-50-58-66-80(5)6/h78-84,89H,9-77H2,1-8H3,(H,94,95)(H,96,97)/t82?,83-,84-/m1/s1. The van der Waals surface area contributed by atoms with Crippen LogP contribution in [0, 0.1) is 23.7 Å². The van der Waals surface area contributed by atoms with Crippen LogP contribution < -0.4 is 0 Å². The molecule has 636 valence electrons. The lowest BCUT2D eigenvalue weighted by Crippen LogP contribution is -2.30. The molecule has 0 aromatic rings. The highest BCUT2D eigenvalue weighted by Gasteiger charge is 2.31. The van der Waals surface area contributed by atoms with E-state index in [0.29, 0.717) is 31.6 Å². The SMILES string of the molecule is CC(C)CCCCCCCCCCCCCCCCCCC(=O)OC[C@H](COP(=O)(O)OCC(O)COP(=O)(O)OC[C@@H](COC(=O)CCCCCCCCCC(C)C)OC(=O)CCCCCCCCCCCCCCCCCCC(C)C)OC(=O)CCCCCCCCCCCCCCCCCCC(C)C. The number of carbonyl (C=O) groups excluding carboxylic acids is 4. The number of ether oxygens (including phenoxy) is 4. The lowest BCUT2D eigenvalue weighted by atomic mass is 10.0. The van der Waals surface area contributed by atoms with Gasteiger partial charge in [-0.2, -0.15) is 0 Å². The number of hydrogen-bond donors (Lipinski definition) is 3. The molecule has 0 fully saturated rings. The second kappa shape index (κ2) is 76.7. The van der Waals surface area contributed by atoms with Gasteiger partial charge in [0.05, 0.1) is 26.4 Å². The van der Waals surface area contributed by atoms with E-state index in [1.807, 2.05) is 0 Å². The van der Waals surface area contributed by atoms with Crippen LogP contribution in [0.15, 0.2) is 0 Å². The molecule has 5 atom stereocenters. The van der Waals surface area contributed by atoms with E-state index in [4.69, 9.17) is 37.0 Å². The van der Waals surface area contributed by atoms with Gasteiger partial charge < -0.3 is 33.8 Å². The first-order valence-corrected chi connectivity index (χ1v) is 48.2. The Morgan fingerprint density at radius 2 is 0.393 bits per heavy atom. The predicted octanol–water partition coefficient (Wildman–Crippen LogP) is 26.7. The molecule has 0 bridgehead atoms. The van der Waals surface area contributed by atoms with Crippen molar-refractivity contribution in [3.8, 4) is 0 Å². The van der Waals surface area contributed by atoms with E-state index in [1.165, 1.54) is 257 Å². The Balaban J connectivity index is 5.23. The minimum Gasteiger partial charge on any atom is -0.462 e. The largest absolute Gasteiger partial charge is 0.472 e. The van der Waals surface area contributed by atoms with Crippen LogP contribution in [0.2, 0.25) is 0 Å². The molecular weight excluding hydrogens is 1390 g/mol. The van der Waals surface area contributed by atoms with Gasteiger partial charge in [-0.05, 0) is 49.4 Å². The van der Waals surface area contributed by atoms with Crippen molar-refractivity contribution in [1.29, 1.82) is 0 Å². The third-order valence-electron chi connectivity index (χ3n) is 20.6. The average Bonchev–Trinajstić information content (AvgIpc) is 0.898. The topological polar surface area (TPSA) is 237 Å². The van der Waals surface area contributed by atoms with Gasteiger partial charge in [0.1, 0.15) is 19.3 Å². The van der Waals surface area contributed by atoms with Crippen LogP contribution in [0.3, 0.4) is 0 Å². The monoisotopic (exact) mass is 1560 g/mol. The van der Waals surface area contributed by atoms with Crippen LogP contribution in [0.4, 0.5) is 0 Å². The molecule has 3 N–H and O–H groups in total. The molecule has 0 spiro atoms. The molecule has 0 saturated heterocycles. The Hall–Kier alpha value is -1.94. The molecule has 0 aliphatic carbocycles. The Kier molecular flexibility index (Phi) is 75.3. The summed E-state index contributed by atoms with van der Waals surface area (Å²) in [6.07, 6.45) is 66.8. The number of aliphatic hydroxyl groups is 1. The fraction of sp³-hybridized carbons (Fsp3) is 0.955. The molecule has 0 aromatic carbocycles. The normalized spacial score (nSPS) is 13.9. The molecule has 0 aliphatic rings.